The van der Waals surface area contributed by atoms with Gasteiger partial charge in [0.25, 0.3) is 0 Å². The molecule has 5 rings (SSSR count). The van der Waals surface area contributed by atoms with Crippen LogP contribution in [0.4, 0.5) is 0 Å². The maximum Gasteiger partial charge on any atom is 0.240 e. The summed E-state index contributed by atoms with van der Waals surface area (Å²) in [5.74, 6) is 1.23. The number of unbranched alkanes of at least 4 members (excludes halogenated alkanes) is 1. The molecule has 1 aliphatic rings. The Hall–Kier alpha value is -3.43. The van der Waals surface area contributed by atoms with Gasteiger partial charge in [0.05, 0.1) is 39.9 Å². The number of sulfonamides is 1. The average molecular weight is 610 g/mol. The molecule has 0 amide bonds. The van der Waals surface area contributed by atoms with Gasteiger partial charge in [-0.15, -0.1) is 0 Å². The smallest absolute Gasteiger partial charge is 0.240 e. The van der Waals surface area contributed by atoms with E-state index in [0.717, 1.165) is 58.6 Å². The number of hydrogen-bond acceptors (Lipinski definition) is 6. The van der Waals surface area contributed by atoms with Crippen LogP contribution in [-0.2, 0) is 10.0 Å². The topological polar surface area (TPSA) is 92.7 Å². The van der Waals surface area contributed by atoms with E-state index in [1.165, 1.54) is 0 Å². The normalized spacial score (nSPS) is 13.1. The van der Waals surface area contributed by atoms with Crippen LogP contribution in [-0.4, -0.2) is 46.0 Å². The van der Waals surface area contributed by atoms with Gasteiger partial charge in [-0.1, -0.05) is 85.1 Å². The molecule has 0 fully saturated rings. The summed E-state index contributed by atoms with van der Waals surface area (Å²) < 4.78 is 33.4. The Morgan fingerprint density at radius 2 is 1.54 bits per heavy atom. The predicted octanol–water partition coefficient (Wildman–Crippen LogP) is 6.83. The molecular weight excluding hydrogens is 579 g/mol. The van der Waals surface area contributed by atoms with Gasteiger partial charge in [0.15, 0.2) is 0 Å². The summed E-state index contributed by atoms with van der Waals surface area (Å²) in [5.41, 5.74) is 5.26. The fourth-order valence-electron chi connectivity index (χ4n) is 4.69. The quantitative estimate of drug-likeness (QED) is 0.193. The minimum absolute atomic E-state index is 0.213. The maximum absolute atomic E-state index is 12.6. The Morgan fingerprint density at radius 1 is 0.878 bits per heavy atom. The van der Waals surface area contributed by atoms with Gasteiger partial charge >= 0.3 is 0 Å². The van der Waals surface area contributed by atoms with E-state index >= 15 is 0 Å². The van der Waals surface area contributed by atoms with E-state index in [1.807, 2.05) is 55.5 Å². The van der Waals surface area contributed by atoms with Crippen LogP contribution >= 0.6 is 23.2 Å². The Kier molecular flexibility index (Phi) is 8.94. The van der Waals surface area contributed by atoms with E-state index in [2.05, 4.69) is 15.0 Å². The molecule has 0 saturated heterocycles. The first-order chi connectivity index (χ1) is 19.8. The summed E-state index contributed by atoms with van der Waals surface area (Å²) in [6.07, 6.45) is 1.69. The third kappa shape index (κ3) is 6.11. The number of benzene rings is 3. The Balaban J connectivity index is 1.48. The number of hydrogen-bond donors (Lipinski definition) is 2. The van der Waals surface area contributed by atoms with Gasteiger partial charge in [-0.25, -0.2) is 18.1 Å². The largest absolute Gasteiger partial charge is 0.480 e. The highest BCUT2D eigenvalue weighted by Crippen LogP contribution is 2.42. The molecule has 1 aromatic heterocycles. The van der Waals surface area contributed by atoms with Crippen molar-refractivity contribution in [1.29, 1.82) is 0 Å². The lowest BCUT2D eigenvalue weighted by atomic mass is 9.96. The van der Waals surface area contributed by atoms with Gasteiger partial charge in [-0.2, -0.15) is 0 Å². The van der Waals surface area contributed by atoms with Crippen molar-refractivity contribution in [2.45, 2.75) is 24.7 Å². The molecule has 2 N–H and O–H groups in total. The second-order valence-electron chi connectivity index (χ2n) is 9.52. The van der Waals surface area contributed by atoms with Crippen LogP contribution in [0.25, 0.3) is 33.5 Å². The second-order valence-corrected chi connectivity index (χ2v) is 12.0. The highest BCUT2D eigenvalue weighted by Gasteiger charge is 2.20. The molecule has 4 aromatic rings. The summed E-state index contributed by atoms with van der Waals surface area (Å²) in [7, 11) is -1.98. The Morgan fingerprint density at radius 3 is 2.17 bits per heavy atom. The highest BCUT2D eigenvalue weighted by atomic mass is 35.5. The fraction of sp³-hybridized carbons (Fsp3) is 0.226. The van der Waals surface area contributed by atoms with Crippen molar-refractivity contribution in [3.63, 3.8) is 0 Å². The monoisotopic (exact) mass is 608 g/mol. The van der Waals surface area contributed by atoms with E-state index in [1.54, 1.807) is 31.4 Å². The van der Waals surface area contributed by atoms with Gasteiger partial charge in [0.2, 0.25) is 15.9 Å². The van der Waals surface area contributed by atoms with E-state index in [9.17, 15) is 8.42 Å². The van der Waals surface area contributed by atoms with Crippen LogP contribution in [0.15, 0.2) is 82.7 Å². The summed E-state index contributed by atoms with van der Waals surface area (Å²) in [6, 6.07) is 22.0. The van der Waals surface area contributed by atoms with E-state index in [-0.39, 0.29) is 4.90 Å². The number of nitrogens with one attached hydrogen (secondary N) is 2. The minimum Gasteiger partial charge on any atom is -0.480 e. The van der Waals surface area contributed by atoms with Gasteiger partial charge in [0.1, 0.15) is 5.84 Å². The Labute approximate surface area is 250 Å². The molecule has 0 spiro atoms. The zero-order valence-corrected chi connectivity index (χ0v) is 25.1. The molecule has 0 aliphatic carbocycles. The first-order valence-electron chi connectivity index (χ1n) is 13.4. The second kappa shape index (κ2) is 12.6. The molecule has 0 radical (unpaired) electrons. The first-order valence-corrected chi connectivity index (χ1v) is 15.6. The number of pyridine rings is 1. The SMILES string of the molecule is CCCCNS(=O)(=O)c1ccc(-c2cccc(-c3cccc(-c4ccc(C5=NCCN5)c(OC)n4)c3Cl)c2Cl)cc1. The summed E-state index contributed by atoms with van der Waals surface area (Å²) in [4.78, 5) is 9.41. The number of methoxy groups -OCH3 is 1. The molecule has 0 atom stereocenters. The van der Waals surface area contributed by atoms with Crippen LogP contribution in [0.1, 0.15) is 25.3 Å². The molecule has 7 nitrogen and oxygen atoms in total. The molecule has 0 unspecified atom stereocenters. The molecule has 41 heavy (non-hydrogen) atoms. The van der Waals surface area contributed by atoms with Crippen molar-refractivity contribution in [3.05, 3.63) is 88.4 Å². The van der Waals surface area contributed by atoms with Crippen LogP contribution in [0.3, 0.4) is 0 Å². The van der Waals surface area contributed by atoms with Gasteiger partial charge < -0.3 is 10.1 Å². The van der Waals surface area contributed by atoms with Crippen molar-refractivity contribution in [2.24, 2.45) is 4.99 Å². The molecule has 1 aliphatic heterocycles. The molecule has 2 heterocycles. The average Bonchev–Trinajstić information content (AvgIpc) is 3.52. The Bertz CT molecular complexity index is 1710. The lowest BCUT2D eigenvalue weighted by molar-refractivity contribution is 0.397. The lowest BCUT2D eigenvalue weighted by Crippen LogP contribution is -2.24. The van der Waals surface area contributed by atoms with Gasteiger partial charge in [0, 0.05) is 35.3 Å². The van der Waals surface area contributed by atoms with Crippen LogP contribution in [0.5, 0.6) is 5.88 Å². The zero-order valence-electron chi connectivity index (χ0n) is 22.7. The van der Waals surface area contributed by atoms with Crippen molar-refractivity contribution < 1.29 is 13.2 Å². The van der Waals surface area contributed by atoms with Crippen LogP contribution in [0, 0.1) is 0 Å². The molecule has 3 aromatic carbocycles. The number of aromatic nitrogens is 1. The molecule has 0 saturated carbocycles. The van der Waals surface area contributed by atoms with Crippen molar-refractivity contribution in [1.82, 2.24) is 15.0 Å². The third-order valence-corrected chi connectivity index (χ3v) is 9.14. The van der Waals surface area contributed by atoms with E-state index in [4.69, 9.17) is 32.9 Å². The van der Waals surface area contributed by atoms with E-state index in [0.29, 0.717) is 34.7 Å². The number of amidine groups is 1. The fourth-order valence-corrected chi connectivity index (χ4v) is 6.42. The lowest BCUT2D eigenvalue weighted by Gasteiger charge is -2.15. The first kappa shape index (κ1) is 29.1. The number of nitrogens with zero attached hydrogens (tertiary/aromatic N) is 2. The summed E-state index contributed by atoms with van der Waals surface area (Å²) in [5, 5.41) is 4.26. The van der Waals surface area contributed by atoms with Crippen molar-refractivity contribution in [2.75, 3.05) is 26.7 Å². The van der Waals surface area contributed by atoms with Crippen LogP contribution in [0.2, 0.25) is 10.0 Å². The number of halogens is 2. The van der Waals surface area contributed by atoms with Crippen LogP contribution < -0.4 is 14.8 Å². The zero-order chi connectivity index (χ0) is 29.0. The molecule has 212 valence electrons. The maximum atomic E-state index is 12.6. The summed E-state index contributed by atoms with van der Waals surface area (Å²) >= 11 is 13.9. The predicted molar refractivity (Wildman–Crippen MR) is 167 cm³/mol. The van der Waals surface area contributed by atoms with E-state index < -0.39 is 10.0 Å². The summed E-state index contributed by atoms with van der Waals surface area (Å²) in [6.45, 7) is 3.93. The molecular formula is C31H30Cl2N4O3S. The van der Waals surface area contributed by atoms with Crippen molar-refractivity contribution >= 4 is 39.1 Å². The minimum atomic E-state index is -3.57. The standard InChI is InChI=1S/C31H30Cl2N4O3S/c1-3-4-17-36-41(38,39)21-13-11-20(12-14-21)22-7-5-8-23(28(22)32)24-9-6-10-25(29(24)33)27-16-15-26(31(37-27)40-2)30-34-18-19-35-30/h5-16,36H,3-4,17-19H2,1-2H3,(H,34,35). The van der Waals surface area contributed by atoms with Gasteiger partial charge in [-0.05, 0) is 36.2 Å². The molecule has 0 bridgehead atoms. The highest BCUT2D eigenvalue weighted by molar-refractivity contribution is 7.89. The third-order valence-electron chi connectivity index (χ3n) is 6.84. The number of rotatable bonds is 10. The van der Waals surface area contributed by atoms with Crippen molar-refractivity contribution in [3.8, 4) is 39.4 Å². The number of aliphatic imine (C=N–C) groups is 1. The number of ether oxygens (including phenoxy) is 1. The molecule has 10 heteroatoms. The van der Waals surface area contributed by atoms with Gasteiger partial charge in [-0.3, -0.25) is 4.99 Å².